The number of hydrogen-bond donors (Lipinski definition) is 2. The lowest BCUT2D eigenvalue weighted by Gasteiger charge is -2.33. The van der Waals surface area contributed by atoms with Gasteiger partial charge in [0.25, 0.3) is 0 Å². The summed E-state index contributed by atoms with van der Waals surface area (Å²) in [6.45, 7) is 4.05. The number of aliphatic hydroxyl groups excluding tert-OH is 1. The van der Waals surface area contributed by atoms with Gasteiger partial charge in [-0.05, 0) is 36.5 Å². The van der Waals surface area contributed by atoms with Crippen molar-refractivity contribution in [3.63, 3.8) is 0 Å². The van der Waals surface area contributed by atoms with Gasteiger partial charge in [0.05, 0.1) is 12.7 Å². The quantitative estimate of drug-likeness (QED) is 0.843. The molecule has 2 aromatic rings. The minimum atomic E-state index is 0.0904. The number of hydrogen-bond acceptors (Lipinski definition) is 3. The fourth-order valence-corrected chi connectivity index (χ4v) is 3.47. The standard InChI is InChI=1S/C21H27NO2/c1-16(19-10-5-7-17(13-19)15-23)22-14-20-11-6-12-24-21(20)18-8-3-2-4-9-18/h2-5,7-10,13,16,20-23H,6,11-12,14-15H2,1H3. The summed E-state index contributed by atoms with van der Waals surface area (Å²) in [7, 11) is 0. The lowest BCUT2D eigenvalue weighted by Crippen LogP contribution is -2.33. The Kier molecular flexibility index (Phi) is 6.02. The summed E-state index contributed by atoms with van der Waals surface area (Å²) in [5, 5.41) is 13.0. The molecule has 128 valence electrons. The molecule has 3 unspecified atom stereocenters. The van der Waals surface area contributed by atoms with Crippen LogP contribution < -0.4 is 5.32 Å². The van der Waals surface area contributed by atoms with Gasteiger partial charge in [-0.25, -0.2) is 0 Å². The van der Waals surface area contributed by atoms with E-state index in [9.17, 15) is 5.11 Å². The first kappa shape index (κ1) is 17.2. The number of rotatable bonds is 6. The molecule has 0 aromatic heterocycles. The van der Waals surface area contributed by atoms with Crippen LogP contribution in [0.2, 0.25) is 0 Å². The maximum atomic E-state index is 9.30. The molecule has 3 atom stereocenters. The number of benzene rings is 2. The van der Waals surface area contributed by atoms with E-state index < -0.39 is 0 Å². The van der Waals surface area contributed by atoms with Crippen LogP contribution in [0.1, 0.15) is 48.6 Å². The zero-order valence-corrected chi connectivity index (χ0v) is 14.3. The van der Waals surface area contributed by atoms with Crippen molar-refractivity contribution in [3.05, 3.63) is 71.3 Å². The zero-order chi connectivity index (χ0) is 16.8. The highest BCUT2D eigenvalue weighted by atomic mass is 16.5. The molecule has 3 rings (SSSR count). The van der Waals surface area contributed by atoms with Crippen LogP contribution in [-0.2, 0) is 11.3 Å². The van der Waals surface area contributed by atoms with Crippen LogP contribution in [0.4, 0.5) is 0 Å². The third-order valence-corrected chi connectivity index (χ3v) is 4.89. The molecule has 1 saturated heterocycles. The highest BCUT2D eigenvalue weighted by molar-refractivity contribution is 5.25. The Morgan fingerprint density at radius 2 is 2.00 bits per heavy atom. The largest absolute Gasteiger partial charge is 0.392 e. The number of nitrogens with one attached hydrogen (secondary N) is 1. The average molecular weight is 325 g/mol. The van der Waals surface area contributed by atoms with Crippen molar-refractivity contribution >= 4 is 0 Å². The Bertz CT molecular complexity index is 629. The molecular weight excluding hydrogens is 298 g/mol. The van der Waals surface area contributed by atoms with Gasteiger partial charge in [0.1, 0.15) is 0 Å². The second-order valence-corrected chi connectivity index (χ2v) is 6.64. The normalized spacial score (nSPS) is 22.2. The molecule has 0 bridgehead atoms. The van der Waals surface area contributed by atoms with Crippen LogP contribution in [0.25, 0.3) is 0 Å². The van der Waals surface area contributed by atoms with Gasteiger partial charge in [-0.15, -0.1) is 0 Å². The second-order valence-electron chi connectivity index (χ2n) is 6.64. The monoisotopic (exact) mass is 325 g/mol. The highest BCUT2D eigenvalue weighted by Gasteiger charge is 2.27. The summed E-state index contributed by atoms with van der Waals surface area (Å²) in [6.07, 6.45) is 2.50. The fraction of sp³-hybridized carbons (Fsp3) is 0.429. The topological polar surface area (TPSA) is 41.5 Å². The maximum Gasteiger partial charge on any atom is 0.0865 e. The van der Waals surface area contributed by atoms with Gasteiger partial charge in [-0.2, -0.15) is 0 Å². The Morgan fingerprint density at radius 1 is 1.17 bits per heavy atom. The van der Waals surface area contributed by atoms with Gasteiger partial charge in [-0.1, -0.05) is 54.6 Å². The first-order valence-electron chi connectivity index (χ1n) is 8.87. The van der Waals surface area contributed by atoms with Crippen LogP contribution in [-0.4, -0.2) is 18.3 Å². The van der Waals surface area contributed by atoms with Gasteiger partial charge in [0.15, 0.2) is 0 Å². The van der Waals surface area contributed by atoms with E-state index in [0.29, 0.717) is 5.92 Å². The Morgan fingerprint density at radius 3 is 2.79 bits per heavy atom. The predicted octanol–water partition coefficient (Wildman–Crippen LogP) is 4.00. The molecule has 24 heavy (non-hydrogen) atoms. The molecule has 1 fully saturated rings. The minimum absolute atomic E-state index is 0.0904. The highest BCUT2D eigenvalue weighted by Crippen LogP contribution is 2.33. The number of aliphatic hydroxyl groups is 1. The van der Waals surface area contributed by atoms with Crippen molar-refractivity contribution in [1.82, 2.24) is 5.32 Å². The average Bonchev–Trinajstić information content (AvgIpc) is 2.67. The summed E-state index contributed by atoms with van der Waals surface area (Å²) in [5.41, 5.74) is 3.46. The summed E-state index contributed by atoms with van der Waals surface area (Å²) < 4.78 is 6.08. The van der Waals surface area contributed by atoms with E-state index in [4.69, 9.17) is 4.74 Å². The van der Waals surface area contributed by atoms with Gasteiger partial charge in [-0.3, -0.25) is 0 Å². The van der Waals surface area contributed by atoms with E-state index >= 15 is 0 Å². The Labute approximate surface area is 144 Å². The predicted molar refractivity (Wildman–Crippen MR) is 96.6 cm³/mol. The van der Waals surface area contributed by atoms with Gasteiger partial charge >= 0.3 is 0 Å². The molecule has 0 saturated carbocycles. The van der Waals surface area contributed by atoms with Gasteiger partial charge in [0, 0.05) is 25.1 Å². The third kappa shape index (κ3) is 4.23. The van der Waals surface area contributed by atoms with Crippen LogP contribution in [0, 0.1) is 5.92 Å². The van der Waals surface area contributed by atoms with E-state index in [1.54, 1.807) is 0 Å². The SMILES string of the molecule is CC(NCC1CCCOC1c1ccccc1)c1cccc(CO)c1. The van der Waals surface area contributed by atoms with E-state index in [-0.39, 0.29) is 18.8 Å². The molecule has 2 aromatic carbocycles. The molecule has 1 heterocycles. The number of ether oxygens (including phenoxy) is 1. The van der Waals surface area contributed by atoms with Crippen molar-refractivity contribution in [3.8, 4) is 0 Å². The van der Waals surface area contributed by atoms with E-state index in [2.05, 4.69) is 54.7 Å². The summed E-state index contributed by atoms with van der Waals surface area (Å²) in [6, 6.07) is 19.0. The first-order valence-corrected chi connectivity index (χ1v) is 8.87. The maximum absolute atomic E-state index is 9.30. The first-order chi connectivity index (χ1) is 11.8. The molecule has 0 amide bonds. The summed E-state index contributed by atoms with van der Waals surface area (Å²) >= 11 is 0. The minimum Gasteiger partial charge on any atom is -0.392 e. The van der Waals surface area contributed by atoms with Gasteiger partial charge in [0.2, 0.25) is 0 Å². The van der Waals surface area contributed by atoms with Crippen molar-refractivity contribution < 1.29 is 9.84 Å². The van der Waals surface area contributed by atoms with Crippen molar-refractivity contribution in [1.29, 1.82) is 0 Å². The van der Waals surface area contributed by atoms with Crippen molar-refractivity contribution in [2.24, 2.45) is 5.92 Å². The van der Waals surface area contributed by atoms with Gasteiger partial charge < -0.3 is 15.2 Å². The molecule has 0 spiro atoms. The smallest absolute Gasteiger partial charge is 0.0865 e. The fourth-order valence-electron chi connectivity index (χ4n) is 3.47. The summed E-state index contributed by atoms with van der Waals surface area (Å²) in [5.74, 6) is 0.490. The Balaban J connectivity index is 1.63. The molecule has 0 radical (unpaired) electrons. The molecule has 0 aliphatic carbocycles. The third-order valence-electron chi connectivity index (χ3n) is 4.89. The van der Waals surface area contributed by atoms with Crippen molar-refractivity contribution in [2.75, 3.05) is 13.2 Å². The van der Waals surface area contributed by atoms with Crippen LogP contribution in [0.3, 0.4) is 0 Å². The van der Waals surface area contributed by atoms with Crippen LogP contribution in [0.5, 0.6) is 0 Å². The second kappa shape index (κ2) is 8.43. The van der Waals surface area contributed by atoms with Crippen molar-refractivity contribution in [2.45, 2.75) is 38.5 Å². The molecule has 3 heteroatoms. The lowest BCUT2D eigenvalue weighted by atomic mass is 9.89. The molecule has 3 nitrogen and oxygen atoms in total. The lowest BCUT2D eigenvalue weighted by molar-refractivity contribution is -0.0283. The van der Waals surface area contributed by atoms with Crippen LogP contribution in [0.15, 0.2) is 54.6 Å². The molecule has 1 aliphatic heterocycles. The van der Waals surface area contributed by atoms with E-state index in [1.165, 1.54) is 17.5 Å². The Hall–Kier alpha value is -1.68. The summed E-state index contributed by atoms with van der Waals surface area (Å²) in [4.78, 5) is 0. The molecule has 2 N–H and O–H groups in total. The molecule has 1 aliphatic rings. The van der Waals surface area contributed by atoms with E-state index in [1.807, 2.05) is 12.1 Å². The molecular formula is C21H27NO2. The van der Waals surface area contributed by atoms with Crippen LogP contribution >= 0.6 is 0 Å². The zero-order valence-electron chi connectivity index (χ0n) is 14.3. The van der Waals surface area contributed by atoms with E-state index in [0.717, 1.165) is 25.1 Å².